The second-order valence-electron chi connectivity index (χ2n) is 7.11. The van der Waals surface area contributed by atoms with Crippen molar-refractivity contribution < 1.29 is 18.8 Å². The maximum atomic E-state index is 14.0. The van der Waals surface area contributed by atoms with Gasteiger partial charge in [0.15, 0.2) is 5.78 Å². The summed E-state index contributed by atoms with van der Waals surface area (Å²) in [6.07, 6.45) is 0. The number of ketones is 1. The SMILES string of the molecule is COc1c(Cl)cc(Cl)c(OC)c1C(C(=O)c1c(C)cccc1C)[PH](=O)c1ccccc1. The lowest BCUT2D eigenvalue weighted by molar-refractivity contribution is 0.0984. The molecule has 0 amide bonds. The minimum Gasteiger partial charge on any atom is -0.495 e. The highest BCUT2D eigenvalue weighted by Crippen LogP contribution is 2.53. The molecule has 3 aromatic rings. The van der Waals surface area contributed by atoms with Crippen molar-refractivity contribution in [3.8, 4) is 11.5 Å². The van der Waals surface area contributed by atoms with Gasteiger partial charge in [0, 0.05) is 10.9 Å². The fourth-order valence-corrected chi connectivity index (χ4v) is 6.17. The summed E-state index contributed by atoms with van der Waals surface area (Å²) in [5.74, 6) is 0.154. The molecule has 2 atom stereocenters. The molecule has 3 rings (SSSR count). The van der Waals surface area contributed by atoms with E-state index in [1.165, 1.54) is 20.3 Å². The third-order valence-corrected chi connectivity index (χ3v) is 7.72. The molecule has 0 aliphatic heterocycles. The Bertz CT molecular complexity index is 1100. The molecule has 162 valence electrons. The predicted molar refractivity (Wildman–Crippen MR) is 128 cm³/mol. The van der Waals surface area contributed by atoms with E-state index in [-0.39, 0.29) is 27.3 Å². The first kappa shape index (κ1) is 23.4. The van der Waals surface area contributed by atoms with Gasteiger partial charge in [0.05, 0.1) is 29.8 Å². The van der Waals surface area contributed by atoms with Crippen molar-refractivity contribution in [3.05, 3.63) is 86.9 Å². The monoisotopic (exact) mass is 476 g/mol. The standard InChI is InChI=1S/C24H23Cl2O4P/c1-14-9-8-10-15(2)19(14)21(27)24(31(28)16-11-6-5-7-12-16)20-22(29-3)17(25)13-18(26)23(20)30-4/h5-13,24,31H,1-4H3. The van der Waals surface area contributed by atoms with Crippen LogP contribution in [0, 0.1) is 13.8 Å². The molecular formula is C24H23Cl2O4P. The summed E-state index contributed by atoms with van der Waals surface area (Å²) < 4.78 is 25.0. The summed E-state index contributed by atoms with van der Waals surface area (Å²) in [6, 6.07) is 16.0. The molecule has 0 aliphatic rings. The topological polar surface area (TPSA) is 52.6 Å². The number of halogens is 2. The van der Waals surface area contributed by atoms with Gasteiger partial charge in [-0.2, -0.15) is 0 Å². The van der Waals surface area contributed by atoms with Gasteiger partial charge in [-0.05, 0) is 31.0 Å². The van der Waals surface area contributed by atoms with Gasteiger partial charge in [-0.25, -0.2) is 0 Å². The third-order valence-electron chi connectivity index (χ3n) is 5.18. The second kappa shape index (κ2) is 9.91. The maximum absolute atomic E-state index is 14.0. The number of carbonyl (C=O) groups is 1. The van der Waals surface area contributed by atoms with Crippen LogP contribution in [0.2, 0.25) is 10.0 Å². The zero-order chi connectivity index (χ0) is 22.7. The Kier molecular flexibility index (Phi) is 7.48. The number of hydrogen-bond acceptors (Lipinski definition) is 4. The lowest BCUT2D eigenvalue weighted by Gasteiger charge is -2.24. The van der Waals surface area contributed by atoms with E-state index in [0.29, 0.717) is 16.4 Å². The fraction of sp³-hybridized carbons (Fsp3) is 0.208. The van der Waals surface area contributed by atoms with E-state index >= 15 is 0 Å². The highest BCUT2D eigenvalue weighted by molar-refractivity contribution is 7.55. The Hall–Kier alpha value is -2.26. The van der Waals surface area contributed by atoms with Crippen molar-refractivity contribution in [2.24, 2.45) is 0 Å². The molecule has 4 nitrogen and oxygen atoms in total. The summed E-state index contributed by atoms with van der Waals surface area (Å²) in [4.78, 5) is 14.0. The molecule has 0 saturated heterocycles. The second-order valence-corrected chi connectivity index (χ2v) is 9.81. The highest BCUT2D eigenvalue weighted by Gasteiger charge is 2.37. The summed E-state index contributed by atoms with van der Waals surface area (Å²) in [6.45, 7) is 3.72. The van der Waals surface area contributed by atoms with E-state index in [1.807, 2.05) is 38.1 Å². The molecule has 0 saturated carbocycles. The predicted octanol–water partition coefficient (Wildman–Crippen LogP) is 6.44. The number of methoxy groups -OCH3 is 2. The van der Waals surface area contributed by atoms with Crippen molar-refractivity contribution in [3.63, 3.8) is 0 Å². The Morgan fingerprint density at radius 2 is 1.39 bits per heavy atom. The lowest BCUT2D eigenvalue weighted by atomic mass is 9.94. The van der Waals surface area contributed by atoms with E-state index in [1.54, 1.807) is 24.3 Å². The zero-order valence-electron chi connectivity index (χ0n) is 17.7. The molecule has 7 heteroatoms. The average Bonchev–Trinajstić information content (AvgIpc) is 2.74. The van der Waals surface area contributed by atoms with Crippen LogP contribution in [0.3, 0.4) is 0 Å². The van der Waals surface area contributed by atoms with Crippen LogP contribution in [0.25, 0.3) is 0 Å². The molecule has 31 heavy (non-hydrogen) atoms. The van der Waals surface area contributed by atoms with Crippen molar-refractivity contribution in [2.45, 2.75) is 19.5 Å². The number of rotatable bonds is 7. The van der Waals surface area contributed by atoms with Crippen LogP contribution < -0.4 is 14.8 Å². The van der Waals surface area contributed by atoms with Crippen LogP contribution in [0.4, 0.5) is 0 Å². The Morgan fingerprint density at radius 1 is 0.871 bits per heavy atom. The van der Waals surface area contributed by atoms with Gasteiger partial charge in [0.1, 0.15) is 25.0 Å². The van der Waals surface area contributed by atoms with E-state index in [4.69, 9.17) is 32.7 Å². The van der Waals surface area contributed by atoms with Crippen LogP contribution >= 0.6 is 31.0 Å². The van der Waals surface area contributed by atoms with Gasteiger partial charge < -0.3 is 14.0 Å². The van der Waals surface area contributed by atoms with Gasteiger partial charge in [0.25, 0.3) is 0 Å². The van der Waals surface area contributed by atoms with Gasteiger partial charge in [0.2, 0.25) is 0 Å². The number of carbonyl (C=O) groups excluding carboxylic acids is 1. The summed E-state index contributed by atoms with van der Waals surface area (Å²) in [7, 11) is 0.175. The van der Waals surface area contributed by atoms with E-state index in [0.717, 1.165) is 11.1 Å². The van der Waals surface area contributed by atoms with Crippen LogP contribution in [0.1, 0.15) is 32.7 Å². The quantitative estimate of drug-likeness (QED) is 0.291. The molecule has 0 aliphatic carbocycles. The minimum atomic E-state index is -2.71. The maximum Gasteiger partial charge on any atom is 0.178 e. The third kappa shape index (κ3) is 4.52. The summed E-state index contributed by atoms with van der Waals surface area (Å²) in [5, 5.41) is 0.994. The smallest absolute Gasteiger partial charge is 0.178 e. The van der Waals surface area contributed by atoms with Crippen LogP contribution in [-0.4, -0.2) is 20.0 Å². The highest BCUT2D eigenvalue weighted by atomic mass is 35.5. The molecule has 3 aromatic carbocycles. The molecule has 2 unspecified atom stereocenters. The normalized spacial score (nSPS) is 12.8. The Morgan fingerprint density at radius 3 is 1.87 bits per heavy atom. The molecule has 0 fully saturated rings. The number of aryl methyl sites for hydroxylation is 2. The van der Waals surface area contributed by atoms with Gasteiger partial charge in [-0.1, -0.05) is 71.7 Å². The van der Waals surface area contributed by atoms with Crippen molar-refractivity contribution in [2.75, 3.05) is 14.2 Å². The largest absolute Gasteiger partial charge is 0.495 e. The first-order valence-corrected chi connectivity index (χ1v) is 11.9. The molecular weight excluding hydrogens is 454 g/mol. The lowest BCUT2D eigenvalue weighted by Crippen LogP contribution is -2.18. The summed E-state index contributed by atoms with van der Waals surface area (Å²) >= 11 is 12.8. The first-order valence-electron chi connectivity index (χ1n) is 9.61. The number of ether oxygens (including phenoxy) is 2. The molecule has 0 spiro atoms. The van der Waals surface area contributed by atoms with Crippen LogP contribution in [0.15, 0.2) is 54.6 Å². The van der Waals surface area contributed by atoms with E-state index in [2.05, 4.69) is 0 Å². The van der Waals surface area contributed by atoms with Gasteiger partial charge >= 0.3 is 0 Å². The molecule has 0 radical (unpaired) electrons. The number of hydrogen-bond donors (Lipinski definition) is 0. The fourth-order valence-electron chi connectivity index (χ4n) is 3.78. The van der Waals surface area contributed by atoms with Gasteiger partial charge in [-0.3, -0.25) is 4.79 Å². The van der Waals surface area contributed by atoms with Crippen LogP contribution in [0.5, 0.6) is 11.5 Å². The first-order chi connectivity index (χ1) is 14.8. The molecule has 0 N–H and O–H groups in total. The van der Waals surface area contributed by atoms with E-state index < -0.39 is 13.5 Å². The summed E-state index contributed by atoms with van der Waals surface area (Å²) in [5.41, 5.74) is 1.33. The zero-order valence-corrected chi connectivity index (χ0v) is 20.2. The molecule has 0 heterocycles. The average molecular weight is 477 g/mol. The molecule has 0 bridgehead atoms. The Balaban J connectivity index is 2.36. The van der Waals surface area contributed by atoms with Crippen molar-refractivity contribution >= 4 is 42.1 Å². The Labute approximate surface area is 192 Å². The number of Topliss-reactive ketones (excluding diaryl/α,β-unsaturated/α-hetero) is 1. The van der Waals surface area contributed by atoms with Crippen molar-refractivity contribution in [1.82, 2.24) is 0 Å². The molecule has 0 aromatic heterocycles. The van der Waals surface area contributed by atoms with Crippen molar-refractivity contribution in [1.29, 1.82) is 0 Å². The van der Waals surface area contributed by atoms with Gasteiger partial charge in [-0.15, -0.1) is 0 Å². The minimum absolute atomic E-state index is 0.213. The van der Waals surface area contributed by atoms with Crippen LogP contribution in [-0.2, 0) is 4.57 Å². The number of benzene rings is 3. The van der Waals surface area contributed by atoms with E-state index in [9.17, 15) is 9.36 Å².